The number of hydrogen-bond acceptors (Lipinski definition) is 6. The summed E-state index contributed by atoms with van der Waals surface area (Å²) in [7, 11) is -2.93. The highest BCUT2D eigenvalue weighted by Crippen LogP contribution is 2.37. The number of thiocarbonyl (C=S) groups is 1. The molecule has 0 aromatic heterocycles. The molecule has 128 valence electrons. The molecule has 1 amide bonds. The first-order valence-electron chi connectivity index (χ1n) is 8.14. The normalized spacial score (nSPS) is 29.9. The predicted molar refractivity (Wildman–Crippen MR) is 96.8 cm³/mol. The maximum Gasteiger partial charge on any atom is 0.267 e. The lowest BCUT2D eigenvalue weighted by Crippen LogP contribution is -2.37. The molecule has 0 N–H and O–H groups in total. The van der Waals surface area contributed by atoms with Crippen molar-refractivity contribution in [3.05, 3.63) is 11.1 Å². The van der Waals surface area contributed by atoms with E-state index in [2.05, 4.69) is 0 Å². The number of carbonyl (C=O) groups is 1. The van der Waals surface area contributed by atoms with Crippen LogP contribution in [0.15, 0.2) is 11.1 Å². The molecule has 0 radical (unpaired) electrons. The molecule has 1 aliphatic carbocycles. The number of carbonyl (C=O) groups excluding carboxylic acids is 1. The lowest BCUT2D eigenvalue weighted by Gasteiger charge is -2.25. The number of sulfone groups is 1. The van der Waals surface area contributed by atoms with Crippen LogP contribution in [0, 0.1) is 0 Å². The Morgan fingerprint density at radius 2 is 2.04 bits per heavy atom. The second kappa shape index (κ2) is 6.72. The van der Waals surface area contributed by atoms with Gasteiger partial charge in [-0.05, 0) is 26.2 Å². The summed E-state index contributed by atoms with van der Waals surface area (Å²) in [5.74, 6) is 0.414. The minimum absolute atomic E-state index is 0.00814. The number of amides is 1. The molecule has 3 fully saturated rings. The van der Waals surface area contributed by atoms with E-state index in [4.69, 9.17) is 12.2 Å². The van der Waals surface area contributed by atoms with Crippen LogP contribution in [0.3, 0.4) is 0 Å². The van der Waals surface area contributed by atoms with Gasteiger partial charge in [-0.15, -0.1) is 0 Å². The van der Waals surface area contributed by atoms with Crippen LogP contribution < -0.4 is 0 Å². The van der Waals surface area contributed by atoms with Crippen molar-refractivity contribution in [1.82, 2.24) is 9.80 Å². The number of nitrogens with zero attached hydrogens (tertiary/aromatic N) is 2. The largest absolute Gasteiger partial charge is 0.373 e. The molecule has 1 saturated carbocycles. The van der Waals surface area contributed by atoms with E-state index in [1.165, 1.54) is 11.8 Å². The van der Waals surface area contributed by atoms with Gasteiger partial charge in [0.1, 0.15) is 4.32 Å². The maximum atomic E-state index is 12.7. The third kappa shape index (κ3) is 3.58. The van der Waals surface area contributed by atoms with Gasteiger partial charge < -0.3 is 4.90 Å². The van der Waals surface area contributed by atoms with Gasteiger partial charge >= 0.3 is 0 Å². The summed E-state index contributed by atoms with van der Waals surface area (Å²) >= 11 is 6.75. The first kappa shape index (κ1) is 17.2. The zero-order chi connectivity index (χ0) is 16.6. The fraction of sp³-hybridized carbons (Fsp3) is 0.733. The second-order valence-electron chi connectivity index (χ2n) is 6.36. The third-order valence-corrected chi connectivity index (χ3v) is 7.91. The zero-order valence-electron chi connectivity index (χ0n) is 13.2. The van der Waals surface area contributed by atoms with Gasteiger partial charge in [0.25, 0.3) is 5.91 Å². The van der Waals surface area contributed by atoms with Crippen molar-refractivity contribution >= 4 is 44.0 Å². The smallest absolute Gasteiger partial charge is 0.267 e. The third-order valence-electron chi connectivity index (χ3n) is 4.84. The SMILES string of the molecule is CCN(/C=C1/SC(=S)N(C2CCCC2)C1=O)C1CCS(=O)(=O)C1. The van der Waals surface area contributed by atoms with Crippen molar-refractivity contribution in [2.75, 3.05) is 18.1 Å². The Hall–Kier alpha value is -0.600. The van der Waals surface area contributed by atoms with E-state index in [1.54, 1.807) is 4.90 Å². The van der Waals surface area contributed by atoms with Crippen LogP contribution in [0.4, 0.5) is 0 Å². The number of thioether (sulfide) groups is 1. The van der Waals surface area contributed by atoms with Gasteiger partial charge in [-0.1, -0.05) is 36.8 Å². The summed E-state index contributed by atoms with van der Waals surface area (Å²) < 4.78 is 24.0. The van der Waals surface area contributed by atoms with Crippen LogP contribution in [0.5, 0.6) is 0 Å². The van der Waals surface area contributed by atoms with Gasteiger partial charge in [-0.25, -0.2) is 8.42 Å². The van der Waals surface area contributed by atoms with Crippen LogP contribution >= 0.6 is 24.0 Å². The van der Waals surface area contributed by atoms with Gasteiger partial charge in [0, 0.05) is 24.8 Å². The molecular formula is C15H22N2O3S3. The van der Waals surface area contributed by atoms with Gasteiger partial charge in [-0.2, -0.15) is 0 Å². The maximum absolute atomic E-state index is 12.7. The standard InChI is InChI=1S/C15H22N2O3S3/c1-2-16(12-7-8-23(19,20)10-12)9-13-14(18)17(15(21)22-13)11-5-3-4-6-11/h9,11-12H,2-8,10H2,1H3/b13-9+. The summed E-state index contributed by atoms with van der Waals surface area (Å²) in [6.07, 6.45) is 6.83. The molecule has 3 aliphatic rings. The highest BCUT2D eigenvalue weighted by Gasteiger charge is 2.39. The van der Waals surface area contributed by atoms with E-state index >= 15 is 0 Å². The van der Waals surface area contributed by atoms with Gasteiger partial charge in [0.05, 0.1) is 16.4 Å². The van der Waals surface area contributed by atoms with Crippen LogP contribution in [-0.2, 0) is 14.6 Å². The van der Waals surface area contributed by atoms with E-state index in [0.29, 0.717) is 22.2 Å². The van der Waals surface area contributed by atoms with Crippen molar-refractivity contribution in [3.8, 4) is 0 Å². The first-order valence-corrected chi connectivity index (χ1v) is 11.2. The monoisotopic (exact) mass is 374 g/mol. The fourth-order valence-electron chi connectivity index (χ4n) is 3.59. The van der Waals surface area contributed by atoms with E-state index in [0.717, 1.165) is 25.7 Å². The summed E-state index contributed by atoms with van der Waals surface area (Å²) in [5, 5.41) is 0. The second-order valence-corrected chi connectivity index (χ2v) is 10.3. The van der Waals surface area contributed by atoms with E-state index in [9.17, 15) is 13.2 Å². The van der Waals surface area contributed by atoms with Crippen LogP contribution in [0.25, 0.3) is 0 Å². The fourth-order valence-corrected chi connectivity index (χ4v) is 6.73. The van der Waals surface area contributed by atoms with Gasteiger partial charge in [0.2, 0.25) is 0 Å². The van der Waals surface area contributed by atoms with Crippen molar-refractivity contribution in [1.29, 1.82) is 0 Å². The number of hydrogen-bond donors (Lipinski definition) is 0. The lowest BCUT2D eigenvalue weighted by molar-refractivity contribution is -0.123. The molecule has 2 aliphatic heterocycles. The Balaban J connectivity index is 1.76. The molecule has 0 aromatic rings. The summed E-state index contributed by atoms with van der Waals surface area (Å²) in [6, 6.07) is 0.218. The minimum Gasteiger partial charge on any atom is -0.373 e. The van der Waals surface area contributed by atoms with Crippen LogP contribution in [0.1, 0.15) is 39.0 Å². The van der Waals surface area contributed by atoms with Crippen LogP contribution in [-0.4, -0.2) is 58.6 Å². The molecule has 23 heavy (non-hydrogen) atoms. The van der Waals surface area contributed by atoms with E-state index in [1.807, 2.05) is 18.0 Å². The molecule has 3 rings (SSSR count). The predicted octanol–water partition coefficient (Wildman–Crippen LogP) is 2.14. The van der Waals surface area contributed by atoms with Crippen LogP contribution in [0.2, 0.25) is 0 Å². The molecule has 0 aromatic carbocycles. The lowest BCUT2D eigenvalue weighted by atomic mass is 10.2. The molecule has 1 unspecified atom stereocenters. The summed E-state index contributed by atoms with van der Waals surface area (Å²) in [5.41, 5.74) is 0. The topological polar surface area (TPSA) is 57.7 Å². The Labute approximate surface area is 147 Å². The molecule has 0 bridgehead atoms. The molecule has 0 spiro atoms. The molecule has 8 heteroatoms. The van der Waals surface area contributed by atoms with Gasteiger partial charge in [0.15, 0.2) is 9.84 Å². The quantitative estimate of drug-likeness (QED) is 0.555. The zero-order valence-corrected chi connectivity index (χ0v) is 15.7. The summed E-state index contributed by atoms with van der Waals surface area (Å²) in [4.78, 5) is 17.1. The van der Waals surface area contributed by atoms with Gasteiger partial charge in [-0.3, -0.25) is 9.69 Å². The Bertz CT molecular complexity index is 638. The van der Waals surface area contributed by atoms with E-state index in [-0.39, 0.29) is 29.5 Å². The Morgan fingerprint density at radius 3 is 2.61 bits per heavy atom. The van der Waals surface area contributed by atoms with Crippen molar-refractivity contribution in [3.63, 3.8) is 0 Å². The summed E-state index contributed by atoms with van der Waals surface area (Å²) in [6.45, 7) is 2.67. The average molecular weight is 375 g/mol. The number of rotatable bonds is 4. The highest BCUT2D eigenvalue weighted by atomic mass is 32.2. The minimum atomic E-state index is -2.93. The molecule has 2 saturated heterocycles. The van der Waals surface area contributed by atoms with Crippen molar-refractivity contribution in [2.45, 2.75) is 51.1 Å². The molecule has 5 nitrogen and oxygen atoms in total. The molecular weight excluding hydrogens is 352 g/mol. The average Bonchev–Trinajstić information content (AvgIpc) is 3.18. The molecule has 1 atom stereocenters. The highest BCUT2D eigenvalue weighted by molar-refractivity contribution is 8.26. The van der Waals surface area contributed by atoms with Crippen molar-refractivity contribution in [2.24, 2.45) is 0 Å². The Kier molecular flexibility index (Phi) is 5.04. The molecule has 2 heterocycles. The first-order chi connectivity index (χ1) is 10.9. The van der Waals surface area contributed by atoms with Crippen molar-refractivity contribution < 1.29 is 13.2 Å². The van der Waals surface area contributed by atoms with E-state index < -0.39 is 9.84 Å². The Morgan fingerprint density at radius 1 is 1.35 bits per heavy atom.